The lowest BCUT2D eigenvalue weighted by Crippen LogP contribution is -2.02. The lowest BCUT2D eigenvalue weighted by Gasteiger charge is -2.04. The minimum absolute atomic E-state index is 0.0272. The number of nitriles is 3. The maximum atomic E-state index is 13.3. The van der Waals surface area contributed by atoms with Crippen LogP contribution in [0.4, 0.5) is 4.39 Å². The van der Waals surface area contributed by atoms with Crippen LogP contribution in [0.3, 0.4) is 0 Å². The van der Waals surface area contributed by atoms with Crippen LogP contribution in [0.2, 0.25) is 0 Å². The van der Waals surface area contributed by atoms with Gasteiger partial charge in [0, 0.05) is 6.54 Å². The van der Waals surface area contributed by atoms with Crippen molar-refractivity contribution in [3.05, 3.63) is 52.9 Å². The summed E-state index contributed by atoms with van der Waals surface area (Å²) in [6.07, 6.45) is 1.34. The molecule has 90 valence electrons. The molecule has 0 amide bonds. The lowest BCUT2D eigenvalue weighted by atomic mass is 10.1. The molecule has 2 aromatic rings. The van der Waals surface area contributed by atoms with Gasteiger partial charge in [0.15, 0.2) is 11.4 Å². The van der Waals surface area contributed by atoms with E-state index >= 15 is 0 Å². The number of hydrogen-bond donors (Lipinski definition) is 0. The Kier molecular flexibility index (Phi) is 3.23. The van der Waals surface area contributed by atoms with Crippen molar-refractivity contribution in [2.75, 3.05) is 0 Å². The number of aromatic nitrogens is 2. The standard InChI is InChI=1S/C13H6FN5/c14-11-2-9(4-15)1-10(3-11)7-19-8-18-12(5-16)13(19)6-17/h1-3,8H,7H2. The van der Waals surface area contributed by atoms with Gasteiger partial charge >= 0.3 is 0 Å². The zero-order valence-corrected chi connectivity index (χ0v) is 9.63. The van der Waals surface area contributed by atoms with E-state index in [2.05, 4.69) is 4.98 Å². The van der Waals surface area contributed by atoms with Crippen molar-refractivity contribution in [1.29, 1.82) is 15.8 Å². The zero-order chi connectivity index (χ0) is 13.8. The number of halogens is 1. The van der Waals surface area contributed by atoms with E-state index in [4.69, 9.17) is 15.8 Å². The number of imidazole rings is 1. The van der Waals surface area contributed by atoms with Crippen LogP contribution in [0.5, 0.6) is 0 Å². The van der Waals surface area contributed by atoms with Gasteiger partial charge in [0.25, 0.3) is 0 Å². The molecule has 0 aliphatic rings. The average molecular weight is 251 g/mol. The highest BCUT2D eigenvalue weighted by Crippen LogP contribution is 2.13. The van der Waals surface area contributed by atoms with Crippen LogP contribution in [-0.2, 0) is 6.54 Å². The minimum Gasteiger partial charge on any atom is -0.317 e. The fourth-order valence-electron chi connectivity index (χ4n) is 1.70. The first-order valence-corrected chi connectivity index (χ1v) is 5.23. The monoisotopic (exact) mass is 251 g/mol. The molecule has 0 fully saturated rings. The summed E-state index contributed by atoms with van der Waals surface area (Å²) < 4.78 is 14.7. The third-order valence-electron chi connectivity index (χ3n) is 2.49. The molecule has 5 nitrogen and oxygen atoms in total. The third-order valence-corrected chi connectivity index (χ3v) is 2.49. The predicted molar refractivity (Wildman–Crippen MR) is 61.9 cm³/mol. The summed E-state index contributed by atoms with van der Waals surface area (Å²) in [7, 11) is 0. The van der Waals surface area contributed by atoms with Gasteiger partial charge in [-0.15, -0.1) is 0 Å². The van der Waals surface area contributed by atoms with Crippen molar-refractivity contribution < 1.29 is 4.39 Å². The maximum absolute atomic E-state index is 13.3. The second-order valence-corrected chi connectivity index (χ2v) is 3.75. The molecule has 1 aromatic heterocycles. The summed E-state index contributed by atoms with van der Waals surface area (Å²) >= 11 is 0. The van der Waals surface area contributed by atoms with Gasteiger partial charge in [-0.2, -0.15) is 15.8 Å². The third kappa shape index (κ3) is 2.41. The molecule has 19 heavy (non-hydrogen) atoms. The molecule has 1 aromatic carbocycles. The number of rotatable bonds is 2. The molecule has 0 radical (unpaired) electrons. The predicted octanol–water partition coefficient (Wildman–Crippen LogP) is 1.69. The molecular formula is C13H6FN5. The van der Waals surface area contributed by atoms with Crippen molar-refractivity contribution in [3.63, 3.8) is 0 Å². The van der Waals surface area contributed by atoms with Crippen LogP contribution in [0.25, 0.3) is 0 Å². The Morgan fingerprint density at radius 2 is 1.89 bits per heavy atom. The van der Waals surface area contributed by atoms with Crippen LogP contribution >= 0.6 is 0 Å². The van der Waals surface area contributed by atoms with E-state index in [1.165, 1.54) is 23.0 Å². The minimum atomic E-state index is -0.520. The first-order chi connectivity index (χ1) is 9.17. The number of hydrogen-bond acceptors (Lipinski definition) is 4. The van der Waals surface area contributed by atoms with E-state index < -0.39 is 5.82 Å². The van der Waals surface area contributed by atoms with Gasteiger partial charge in [0.05, 0.1) is 18.0 Å². The summed E-state index contributed by atoms with van der Waals surface area (Å²) in [6.45, 7) is 0.171. The molecule has 0 aliphatic heterocycles. The van der Waals surface area contributed by atoms with Crippen molar-refractivity contribution in [3.8, 4) is 18.2 Å². The summed E-state index contributed by atoms with van der Waals surface area (Å²) in [5.41, 5.74) is 0.869. The molecule has 0 bridgehead atoms. The molecule has 0 atom stereocenters. The van der Waals surface area contributed by atoms with E-state index in [1.807, 2.05) is 12.1 Å². The summed E-state index contributed by atoms with van der Waals surface area (Å²) in [4.78, 5) is 3.79. The summed E-state index contributed by atoms with van der Waals surface area (Å²) in [6, 6.07) is 9.46. The zero-order valence-electron chi connectivity index (χ0n) is 9.63. The van der Waals surface area contributed by atoms with Gasteiger partial charge in [-0.25, -0.2) is 9.37 Å². The molecular weight excluding hydrogens is 245 g/mol. The Hall–Kier alpha value is -3.17. The van der Waals surface area contributed by atoms with Gasteiger partial charge in [-0.05, 0) is 23.8 Å². The van der Waals surface area contributed by atoms with Crippen molar-refractivity contribution in [2.45, 2.75) is 6.54 Å². The highest BCUT2D eigenvalue weighted by atomic mass is 19.1. The molecule has 1 heterocycles. The lowest BCUT2D eigenvalue weighted by molar-refractivity contribution is 0.622. The maximum Gasteiger partial charge on any atom is 0.176 e. The van der Waals surface area contributed by atoms with E-state index in [1.54, 1.807) is 6.07 Å². The van der Waals surface area contributed by atoms with E-state index in [-0.39, 0.29) is 23.5 Å². The number of nitrogens with zero attached hydrogens (tertiary/aromatic N) is 5. The van der Waals surface area contributed by atoms with E-state index in [0.717, 1.165) is 6.07 Å². The summed E-state index contributed by atoms with van der Waals surface area (Å²) in [5, 5.41) is 26.5. The summed E-state index contributed by atoms with van der Waals surface area (Å²) in [5.74, 6) is -0.520. The van der Waals surface area contributed by atoms with Gasteiger partial charge in [-0.1, -0.05) is 0 Å². The Morgan fingerprint density at radius 1 is 1.11 bits per heavy atom. The highest BCUT2D eigenvalue weighted by molar-refractivity contribution is 5.38. The molecule has 0 saturated heterocycles. The van der Waals surface area contributed by atoms with Crippen molar-refractivity contribution in [1.82, 2.24) is 9.55 Å². The molecule has 6 heteroatoms. The van der Waals surface area contributed by atoms with Crippen LogP contribution in [0, 0.1) is 39.8 Å². The number of benzene rings is 1. The molecule has 0 unspecified atom stereocenters. The quantitative estimate of drug-likeness (QED) is 0.812. The Balaban J connectivity index is 2.41. The van der Waals surface area contributed by atoms with Crippen LogP contribution in [0.1, 0.15) is 22.5 Å². The van der Waals surface area contributed by atoms with Crippen LogP contribution in [0.15, 0.2) is 24.5 Å². The molecule has 2 rings (SSSR count). The largest absolute Gasteiger partial charge is 0.317 e. The van der Waals surface area contributed by atoms with E-state index in [0.29, 0.717) is 5.56 Å². The van der Waals surface area contributed by atoms with Crippen LogP contribution in [-0.4, -0.2) is 9.55 Å². The highest BCUT2D eigenvalue weighted by Gasteiger charge is 2.11. The topological polar surface area (TPSA) is 89.2 Å². The van der Waals surface area contributed by atoms with Crippen LogP contribution < -0.4 is 0 Å². The van der Waals surface area contributed by atoms with Gasteiger partial charge in [-0.3, -0.25) is 0 Å². The fraction of sp³-hybridized carbons (Fsp3) is 0.0769. The SMILES string of the molecule is N#Cc1cc(F)cc(Cn2cnc(C#N)c2C#N)c1. The Labute approximate surface area is 108 Å². The Morgan fingerprint density at radius 3 is 2.53 bits per heavy atom. The average Bonchev–Trinajstić information content (AvgIpc) is 2.79. The first-order valence-electron chi connectivity index (χ1n) is 5.23. The van der Waals surface area contributed by atoms with Crippen molar-refractivity contribution in [2.24, 2.45) is 0 Å². The second-order valence-electron chi connectivity index (χ2n) is 3.75. The first kappa shape index (κ1) is 12.3. The molecule has 0 N–H and O–H groups in total. The molecule has 0 saturated carbocycles. The Bertz CT molecular complexity index is 755. The second kappa shape index (κ2) is 5.00. The molecule has 0 spiro atoms. The van der Waals surface area contributed by atoms with E-state index in [9.17, 15) is 4.39 Å². The smallest absolute Gasteiger partial charge is 0.176 e. The molecule has 0 aliphatic carbocycles. The van der Waals surface area contributed by atoms with Gasteiger partial charge in [0.2, 0.25) is 0 Å². The van der Waals surface area contributed by atoms with Gasteiger partial charge in [0.1, 0.15) is 18.0 Å². The van der Waals surface area contributed by atoms with Gasteiger partial charge < -0.3 is 4.57 Å². The van der Waals surface area contributed by atoms with Crippen molar-refractivity contribution >= 4 is 0 Å². The normalized spacial score (nSPS) is 9.37. The fourth-order valence-corrected chi connectivity index (χ4v) is 1.70.